The van der Waals surface area contributed by atoms with Gasteiger partial charge >= 0.3 is 0 Å². The third kappa shape index (κ3) is 2.99. The molecular formula is C12H8BrCl3S. The van der Waals surface area contributed by atoms with Crippen molar-refractivity contribution in [1.29, 1.82) is 0 Å². The highest BCUT2D eigenvalue weighted by atomic mass is 79.9. The Morgan fingerprint density at radius 3 is 2.41 bits per heavy atom. The number of hydrogen-bond donors (Lipinski definition) is 0. The van der Waals surface area contributed by atoms with Crippen molar-refractivity contribution in [3.63, 3.8) is 0 Å². The van der Waals surface area contributed by atoms with Gasteiger partial charge in [0.05, 0.1) is 19.2 Å². The molecule has 0 amide bonds. The second-order valence-corrected chi connectivity index (χ2v) is 7.48. The molecule has 0 radical (unpaired) electrons. The molecule has 0 aliphatic carbocycles. The summed E-state index contributed by atoms with van der Waals surface area (Å²) in [7, 11) is 0. The fourth-order valence-corrected chi connectivity index (χ4v) is 4.04. The maximum Gasteiger partial charge on any atom is 0.0846 e. The number of benzene rings is 1. The van der Waals surface area contributed by atoms with Gasteiger partial charge < -0.3 is 0 Å². The van der Waals surface area contributed by atoms with Crippen LogP contribution < -0.4 is 0 Å². The molecule has 2 aromatic rings. The number of hydrogen-bond acceptors (Lipinski definition) is 1. The van der Waals surface area contributed by atoms with Gasteiger partial charge in [-0.15, -0.1) is 22.9 Å². The lowest BCUT2D eigenvalue weighted by Gasteiger charge is -2.10. The van der Waals surface area contributed by atoms with E-state index in [9.17, 15) is 0 Å². The first-order valence-corrected chi connectivity index (χ1v) is 7.64. The Morgan fingerprint density at radius 1 is 1.18 bits per heavy atom. The first-order chi connectivity index (χ1) is 7.99. The Morgan fingerprint density at radius 2 is 1.88 bits per heavy atom. The van der Waals surface area contributed by atoms with Crippen molar-refractivity contribution in [3.8, 4) is 0 Å². The van der Waals surface area contributed by atoms with Crippen LogP contribution in [0.5, 0.6) is 0 Å². The zero-order valence-electron chi connectivity index (χ0n) is 8.81. The van der Waals surface area contributed by atoms with E-state index in [0.717, 1.165) is 14.9 Å². The first kappa shape index (κ1) is 13.7. The molecule has 0 nitrogen and oxygen atoms in total. The second kappa shape index (κ2) is 5.50. The molecule has 0 aliphatic heterocycles. The van der Waals surface area contributed by atoms with Gasteiger partial charge in [-0.05, 0) is 52.2 Å². The number of halogens is 4. The minimum absolute atomic E-state index is 0.202. The summed E-state index contributed by atoms with van der Waals surface area (Å²) in [6.07, 6.45) is 0. The van der Waals surface area contributed by atoms with Gasteiger partial charge in [0.15, 0.2) is 0 Å². The Hall–Kier alpha value is 0.270. The third-order valence-corrected chi connectivity index (χ3v) is 5.23. The lowest BCUT2D eigenvalue weighted by Crippen LogP contribution is -1.93. The van der Waals surface area contributed by atoms with E-state index in [2.05, 4.69) is 22.9 Å². The fraction of sp³-hybridized carbons (Fsp3) is 0.167. The summed E-state index contributed by atoms with van der Waals surface area (Å²) in [6.45, 7) is 2.05. The molecule has 0 saturated heterocycles. The Bertz CT molecular complexity index is 551. The Kier molecular flexibility index (Phi) is 4.43. The molecule has 2 rings (SSSR count). The van der Waals surface area contributed by atoms with Crippen molar-refractivity contribution >= 4 is 62.1 Å². The molecule has 0 N–H and O–H groups in total. The van der Waals surface area contributed by atoms with E-state index in [1.54, 1.807) is 17.4 Å². The van der Waals surface area contributed by atoms with Crippen LogP contribution in [0.3, 0.4) is 0 Å². The summed E-state index contributed by atoms with van der Waals surface area (Å²) in [5.74, 6) is 0. The van der Waals surface area contributed by atoms with Gasteiger partial charge in [0, 0.05) is 4.88 Å². The van der Waals surface area contributed by atoms with Gasteiger partial charge in [0.1, 0.15) is 0 Å². The molecule has 0 aliphatic rings. The van der Waals surface area contributed by atoms with Crippen LogP contribution in [-0.4, -0.2) is 0 Å². The largest absolute Gasteiger partial charge is 0.133 e. The van der Waals surface area contributed by atoms with Crippen molar-refractivity contribution in [2.24, 2.45) is 0 Å². The maximum atomic E-state index is 6.46. The maximum absolute atomic E-state index is 6.46. The highest BCUT2D eigenvalue weighted by Gasteiger charge is 2.16. The lowest BCUT2D eigenvalue weighted by atomic mass is 10.1. The van der Waals surface area contributed by atoms with Crippen LogP contribution in [0.15, 0.2) is 28.1 Å². The Labute approximate surface area is 128 Å². The topological polar surface area (TPSA) is 0 Å². The van der Waals surface area contributed by atoms with E-state index in [1.165, 1.54) is 4.88 Å². The molecule has 0 fully saturated rings. The van der Waals surface area contributed by atoms with Crippen LogP contribution in [0.4, 0.5) is 0 Å². The van der Waals surface area contributed by atoms with Crippen molar-refractivity contribution < 1.29 is 0 Å². The minimum atomic E-state index is -0.202. The van der Waals surface area contributed by atoms with Crippen LogP contribution in [0.25, 0.3) is 0 Å². The van der Waals surface area contributed by atoms with Gasteiger partial charge in [0.2, 0.25) is 0 Å². The van der Waals surface area contributed by atoms with Gasteiger partial charge in [-0.2, -0.15) is 0 Å². The summed E-state index contributed by atoms with van der Waals surface area (Å²) in [5.41, 5.74) is 2.05. The van der Waals surface area contributed by atoms with Gasteiger partial charge in [-0.1, -0.05) is 29.3 Å². The summed E-state index contributed by atoms with van der Waals surface area (Å²) < 4.78 is 1.08. The van der Waals surface area contributed by atoms with Crippen LogP contribution in [0.1, 0.15) is 21.4 Å². The quantitative estimate of drug-likeness (QED) is 0.533. The number of rotatable bonds is 2. The number of thiophene rings is 1. The molecule has 0 bridgehead atoms. The molecule has 0 saturated carbocycles. The molecule has 17 heavy (non-hydrogen) atoms. The second-order valence-electron chi connectivity index (χ2n) is 3.60. The predicted octanol–water partition coefficient (Wildman–Crippen LogP) is 6.45. The summed E-state index contributed by atoms with van der Waals surface area (Å²) in [4.78, 5) is 1.20. The first-order valence-electron chi connectivity index (χ1n) is 4.84. The third-order valence-electron chi connectivity index (χ3n) is 2.44. The zero-order valence-corrected chi connectivity index (χ0v) is 13.5. The smallest absolute Gasteiger partial charge is 0.0846 e. The molecule has 1 aromatic carbocycles. The SMILES string of the molecule is Cc1sc(Br)cc1C(Cl)c1ccc(Cl)c(Cl)c1. The monoisotopic (exact) mass is 368 g/mol. The molecule has 1 unspecified atom stereocenters. The summed E-state index contributed by atoms with van der Waals surface area (Å²) >= 11 is 23.5. The van der Waals surface area contributed by atoms with E-state index >= 15 is 0 Å². The average molecular weight is 371 g/mol. The standard InChI is InChI=1S/C12H8BrCl3S/c1-6-8(5-11(13)17-6)12(16)7-2-3-9(14)10(15)4-7/h2-5,12H,1H3. The minimum Gasteiger partial charge on any atom is -0.133 e. The zero-order chi connectivity index (χ0) is 12.6. The van der Waals surface area contributed by atoms with Gasteiger partial charge in [-0.25, -0.2) is 0 Å². The van der Waals surface area contributed by atoms with E-state index in [0.29, 0.717) is 10.0 Å². The predicted molar refractivity (Wildman–Crippen MR) is 80.9 cm³/mol. The van der Waals surface area contributed by atoms with Gasteiger partial charge in [0.25, 0.3) is 0 Å². The van der Waals surface area contributed by atoms with Crippen molar-refractivity contribution in [3.05, 3.63) is 54.1 Å². The van der Waals surface area contributed by atoms with E-state index < -0.39 is 0 Å². The van der Waals surface area contributed by atoms with Crippen LogP contribution in [-0.2, 0) is 0 Å². The van der Waals surface area contributed by atoms with Crippen molar-refractivity contribution in [2.75, 3.05) is 0 Å². The fourth-order valence-electron chi connectivity index (χ4n) is 1.56. The molecule has 90 valence electrons. The molecule has 1 aromatic heterocycles. The Balaban J connectivity index is 2.40. The highest BCUT2D eigenvalue weighted by Crippen LogP contribution is 2.38. The molecule has 0 spiro atoms. The van der Waals surface area contributed by atoms with Crippen molar-refractivity contribution in [2.45, 2.75) is 12.3 Å². The summed E-state index contributed by atoms with van der Waals surface area (Å²) in [5, 5.41) is 0.872. The molecular weight excluding hydrogens is 362 g/mol. The molecule has 1 atom stereocenters. The van der Waals surface area contributed by atoms with Crippen LogP contribution in [0.2, 0.25) is 10.0 Å². The average Bonchev–Trinajstić information content (AvgIpc) is 2.61. The number of alkyl halides is 1. The van der Waals surface area contributed by atoms with Crippen LogP contribution in [0, 0.1) is 6.92 Å². The van der Waals surface area contributed by atoms with Crippen molar-refractivity contribution in [1.82, 2.24) is 0 Å². The molecule has 1 heterocycles. The van der Waals surface area contributed by atoms with Gasteiger partial charge in [-0.3, -0.25) is 0 Å². The van der Waals surface area contributed by atoms with E-state index in [1.807, 2.05) is 18.2 Å². The highest BCUT2D eigenvalue weighted by molar-refractivity contribution is 9.11. The number of aryl methyl sites for hydroxylation is 1. The lowest BCUT2D eigenvalue weighted by molar-refractivity contribution is 1.13. The van der Waals surface area contributed by atoms with Crippen LogP contribution >= 0.6 is 62.1 Å². The summed E-state index contributed by atoms with van der Waals surface area (Å²) in [6, 6.07) is 7.52. The normalized spacial score (nSPS) is 12.8. The van der Waals surface area contributed by atoms with E-state index in [4.69, 9.17) is 34.8 Å². The van der Waals surface area contributed by atoms with E-state index in [-0.39, 0.29) is 5.38 Å². The molecule has 5 heteroatoms.